The summed E-state index contributed by atoms with van der Waals surface area (Å²) < 4.78 is 10.9. The number of hydrogen-bond acceptors (Lipinski definition) is 3. The van der Waals surface area contributed by atoms with Gasteiger partial charge in [-0.2, -0.15) is 0 Å². The average molecular weight is 411 g/mol. The first-order chi connectivity index (χ1) is 9.76. The first kappa shape index (κ1) is 19.0. The molecule has 124 valence electrons. The number of halogens is 1. The first-order valence-corrected chi connectivity index (χ1v) is 7.96. The van der Waals surface area contributed by atoms with E-state index in [0.29, 0.717) is 11.4 Å². The number of nitrogens with zero attached hydrogens (tertiary/aromatic N) is 2. The van der Waals surface area contributed by atoms with E-state index in [1.165, 1.54) is 25.7 Å². The molecule has 0 aromatic rings. The Morgan fingerprint density at radius 1 is 1.29 bits per heavy atom. The van der Waals surface area contributed by atoms with Crippen molar-refractivity contribution in [3.63, 3.8) is 0 Å². The third-order valence-corrected chi connectivity index (χ3v) is 4.56. The molecule has 2 rings (SSSR count). The van der Waals surface area contributed by atoms with Crippen molar-refractivity contribution in [2.24, 2.45) is 16.1 Å². The van der Waals surface area contributed by atoms with Crippen molar-refractivity contribution in [3.05, 3.63) is 0 Å². The van der Waals surface area contributed by atoms with Gasteiger partial charge in [-0.15, -0.1) is 24.0 Å². The largest absolute Gasteiger partial charge is 0.382 e. The summed E-state index contributed by atoms with van der Waals surface area (Å²) in [5.41, 5.74) is 6.45. The van der Waals surface area contributed by atoms with Crippen molar-refractivity contribution in [1.29, 1.82) is 0 Å². The summed E-state index contributed by atoms with van der Waals surface area (Å²) in [5.74, 6) is 0.691. The quantitative estimate of drug-likeness (QED) is 0.315. The lowest BCUT2D eigenvalue weighted by molar-refractivity contribution is 0.0671. The van der Waals surface area contributed by atoms with Crippen LogP contribution in [0, 0.1) is 5.41 Å². The molecule has 0 aromatic heterocycles. The van der Waals surface area contributed by atoms with E-state index in [-0.39, 0.29) is 24.0 Å². The number of aliphatic imine (C=N–C) groups is 1. The molecule has 1 saturated heterocycles. The van der Waals surface area contributed by atoms with Gasteiger partial charge in [-0.05, 0) is 31.6 Å². The van der Waals surface area contributed by atoms with E-state index in [0.717, 1.165) is 52.5 Å². The van der Waals surface area contributed by atoms with Crippen LogP contribution in [0.2, 0.25) is 0 Å². The molecular formula is C15H30IN3O2. The van der Waals surface area contributed by atoms with Crippen LogP contribution >= 0.6 is 24.0 Å². The van der Waals surface area contributed by atoms with Gasteiger partial charge < -0.3 is 20.1 Å². The topological polar surface area (TPSA) is 60.1 Å². The zero-order valence-electron chi connectivity index (χ0n) is 13.2. The minimum absolute atomic E-state index is 0. The second kappa shape index (κ2) is 9.84. The van der Waals surface area contributed by atoms with Crippen LogP contribution in [0.25, 0.3) is 0 Å². The predicted molar refractivity (Wildman–Crippen MR) is 96.3 cm³/mol. The van der Waals surface area contributed by atoms with Crippen molar-refractivity contribution in [1.82, 2.24) is 4.90 Å². The van der Waals surface area contributed by atoms with E-state index in [9.17, 15) is 0 Å². The maximum atomic E-state index is 6.13. The number of ether oxygens (including phenoxy) is 2. The van der Waals surface area contributed by atoms with E-state index >= 15 is 0 Å². The maximum absolute atomic E-state index is 6.13. The molecule has 0 bridgehead atoms. The van der Waals surface area contributed by atoms with Gasteiger partial charge in [-0.1, -0.05) is 12.8 Å². The van der Waals surface area contributed by atoms with E-state index < -0.39 is 0 Å². The minimum Gasteiger partial charge on any atom is -0.382 e. The first-order valence-electron chi connectivity index (χ1n) is 7.96. The van der Waals surface area contributed by atoms with Crippen LogP contribution < -0.4 is 5.73 Å². The number of guanidine groups is 1. The van der Waals surface area contributed by atoms with Gasteiger partial charge in [0.15, 0.2) is 5.96 Å². The fourth-order valence-corrected chi connectivity index (χ4v) is 3.19. The second-order valence-electron chi connectivity index (χ2n) is 5.93. The molecule has 0 amide bonds. The van der Waals surface area contributed by atoms with Crippen LogP contribution in [0.1, 0.15) is 39.0 Å². The van der Waals surface area contributed by atoms with Crippen molar-refractivity contribution < 1.29 is 9.47 Å². The summed E-state index contributed by atoms with van der Waals surface area (Å²) in [7, 11) is 0. The monoisotopic (exact) mass is 411 g/mol. The van der Waals surface area contributed by atoms with Crippen LogP contribution in [0.5, 0.6) is 0 Å². The number of rotatable bonds is 6. The van der Waals surface area contributed by atoms with Gasteiger partial charge in [-0.25, -0.2) is 0 Å². The highest BCUT2D eigenvalue weighted by Gasteiger charge is 2.33. The number of morpholine rings is 1. The second-order valence-corrected chi connectivity index (χ2v) is 5.93. The van der Waals surface area contributed by atoms with Crippen LogP contribution in [-0.4, -0.2) is 56.9 Å². The molecule has 0 unspecified atom stereocenters. The lowest BCUT2D eigenvalue weighted by Crippen LogP contribution is -2.45. The van der Waals surface area contributed by atoms with E-state index in [4.69, 9.17) is 15.2 Å². The standard InChI is InChI=1S/C15H29N3O2.HI/c1-2-19-10-7-15(5-3-4-6-15)13-17-14(16)18-8-11-20-12-9-18;/h2-13H2,1H3,(H2,16,17);1H. The third kappa shape index (κ3) is 5.90. The molecule has 0 atom stereocenters. The van der Waals surface area contributed by atoms with Gasteiger partial charge in [0, 0.05) is 32.8 Å². The summed E-state index contributed by atoms with van der Waals surface area (Å²) in [6.45, 7) is 7.79. The van der Waals surface area contributed by atoms with Crippen LogP contribution in [0.15, 0.2) is 4.99 Å². The van der Waals surface area contributed by atoms with Crippen molar-refractivity contribution in [2.45, 2.75) is 39.0 Å². The molecule has 2 aliphatic rings. The zero-order valence-corrected chi connectivity index (χ0v) is 15.5. The molecule has 1 heterocycles. The summed E-state index contributed by atoms with van der Waals surface area (Å²) in [4.78, 5) is 6.82. The van der Waals surface area contributed by atoms with Crippen molar-refractivity contribution in [2.75, 3.05) is 46.1 Å². The van der Waals surface area contributed by atoms with Gasteiger partial charge in [0.2, 0.25) is 0 Å². The summed E-state index contributed by atoms with van der Waals surface area (Å²) in [5, 5.41) is 0. The Morgan fingerprint density at radius 2 is 1.95 bits per heavy atom. The van der Waals surface area contributed by atoms with Crippen LogP contribution in [0.4, 0.5) is 0 Å². The van der Waals surface area contributed by atoms with Crippen LogP contribution in [-0.2, 0) is 9.47 Å². The molecule has 0 radical (unpaired) electrons. The summed E-state index contributed by atoms with van der Waals surface area (Å²) in [6, 6.07) is 0. The zero-order chi connectivity index (χ0) is 14.3. The molecule has 6 heteroatoms. The maximum Gasteiger partial charge on any atom is 0.191 e. The smallest absolute Gasteiger partial charge is 0.191 e. The van der Waals surface area contributed by atoms with Gasteiger partial charge >= 0.3 is 0 Å². The number of nitrogens with two attached hydrogens (primary N) is 1. The molecule has 0 aromatic carbocycles. The molecular weight excluding hydrogens is 381 g/mol. The molecule has 1 aliphatic carbocycles. The Morgan fingerprint density at radius 3 is 2.57 bits per heavy atom. The molecule has 5 nitrogen and oxygen atoms in total. The van der Waals surface area contributed by atoms with E-state index in [2.05, 4.69) is 16.8 Å². The van der Waals surface area contributed by atoms with Gasteiger partial charge in [0.25, 0.3) is 0 Å². The van der Waals surface area contributed by atoms with E-state index in [1.807, 2.05) is 0 Å². The highest BCUT2D eigenvalue weighted by atomic mass is 127. The lowest BCUT2D eigenvalue weighted by atomic mass is 9.83. The fraction of sp³-hybridized carbons (Fsp3) is 0.933. The predicted octanol–water partition coefficient (Wildman–Crippen LogP) is 2.24. The highest BCUT2D eigenvalue weighted by molar-refractivity contribution is 14.0. The Labute approximate surface area is 145 Å². The molecule has 1 saturated carbocycles. The molecule has 2 fully saturated rings. The van der Waals surface area contributed by atoms with Gasteiger partial charge in [-0.3, -0.25) is 4.99 Å². The molecule has 2 N–H and O–H groups in total. The lowest BCUT2D eigenvalue weighted by Gasteiger charge is -2.30. The highest BCUT2D eigenvalue weighted by Crippen LogP contribution is 2.41. The Bertz CT molecular complexity index is 314. The molecule has 21 heavy (non-hydrogen) atoms. The number of hydrogen-bond donors (Lipinski definition) is 1. The average Bonchev–Trinajstić information content (AvgIpc) is 2.95. The van der Waals surface area contributed by atoms with Crippen molar-refractivity contribution >= 4 is 29.9 Å². The molecule has 0 spiro atoms. The third-order valence-electron chi connectivity index (χ3n) is 4.56. The Balaban J connectivity index is 0.00000220. The van der Waals surface area contributed by atoms with Crippen molar-refractivity contribution in [3.8, 4) is 0 Å². The van der Waals surface area contributed by atoms with E-state index in [1.54, 1.807) is 0 Å². The Kier molecular flexibility index (Phi) is 8.89. The summed E-state index contributed by atoms with van der Waals surface area (Å²) in [6.07, 6.45) is 6.28. The van der Waals surface area contributed by atoms with Gasteiger partial charge in [0.1, 0.15) is 0 Å². The van der Waals surface area contributed by atoms with Gasteiger partial charge in [0.05, 0.1) is 13.2 Å². The SMILES string of the molecule is CCOCCC1(CN=C(N)N2CCOCC2)CCCC1.I. The van der Waals surface area contributed by atoms with Crippen LogP contribution in [0.3, 0.4) is 0 Å². The molecule has 1 aliphatic heterocycles. The Hall–Kier alpha value is -0.0800. The minimum atomic E-state index is 0. The normalized spacial score (nSPS) is 22.1. The fourth-order valence-electron chi connectivity index (χ4n) is 3.19. The summed E-state index contributed by atoms with van der Waals surface area (Å²) >= 11 is 0.